The highest BCUT2D eigenvalue weighted by Gasteiger charge is 2.49. The molecule has 6 rings (SSSR count). The Morgan fingerprint density at radius 2 is 1.72 bits per heavy atom. The van der Waals surface area contributed by atoms with Gasteiger partial charge in [-0.15, -0.1) is 0 Å². The third-order valence-electron chi connectivity index (χ3n) is 8.33. The predicted molar refractivity (Wildman–Crippen MR) is 165 cm³/mol. The number of hydrogen-bond acceptors (Lipinski definition) is 7. The summed E-state index contributed by atoms with van der Waals surface area (Å²) in [5.74, 6) is -0.802. The number of imide groups is 1. The number of methoxy groups -OCH3 is 1. The number of esters is 1. The van der Waals surface area contributed by atoms with Gasteiger partial charge >= 0.3 is 5.97 Å². The maximum Gasteiger partial charge on any atom is 0.339 e. The van der Waals surface area contributed by atoms with Gasteiger partial charge in [0.15, 0.2) is 12.4 Å². The first-order valence-corrected chi connectivity index (χ1v) is 15.0. The van der Waals surface area contributed by atoms with E-state index in [9.17, 15) is 19.2 Å². The summed E-state index contributed by atoms with van der Waals surface area (Å²) in [7, 11) is 1.51. The van der Waals surface area contributed by atoms with Gasteiger partial charge in [-0.1, -0.05) is 47.1 Å². The van der Waals surface area contributed by atoms with Crippen molar-refractivity contribution in [3.63, 3.8) is 0 Å². The van der Waals surface area contributed by atoms with E-state index in [1.807, 2.05) is 6.07 Å². The van der Waals surface area contributed by atoms with Crippen LogP contribution in [-0.2, 0) is 14.3 Å². The number of aromatic nitrogens is 1. The number of rotatable bonds is 7. The lowest BCUT2D eigenvalue weighted by molar-refractivity contribution is -0.122. The predicted octanol–water partition coefficient (Wildman–Crippen LogP) is 6.64. The van der Waals surface area contributed by atoms with Crippen molar-refractivity contribution in [1.29, 1.82) is 0 Å². The number of pyridine rings is 1. The van der Waals surface area contributed by atoms with Crippen molar-refractivity contribution >= 4 is 56.1 Å². The highest BCUT2D eigenvalue weighted by molar-refractivity contribution is 9.10. The molecular weight excluding hydrogens is 612 g/mol. The molecular formula is C34H29BrN2O6. The number of ether oxygens (including phenoxy) is 2. The molecule has 2 amide bonds. The number of nitrogens with zero attached hydrogens (tertiary/aromatic N) is 2. The Morgan fingerprint density at radius 1 is 0.953 bits per heavy atom. The van der Waals surface area contributed by atoms with E-state index < -0.39 is 12.6 Å². The van der Waals surface area contributed by atoms with Gasteiger partial charge in [0.05, 0.1) is 41.4 Å². The molecule has 1 aromatic heterocycles. The van der Waals surface area contributed by atoms with Crippen molar-refractivity contribution in [2.75, 3.05) is 18.6 Å². The second-order valence-corrected chi connectivity index (χ2v) is 12.1. The van der Waals surface area contributed by atoms with Crippen LogP contribution in [0.2, 0.25) is 0 Å². The maximum atomic E-state index is 13.3. The van der Waals surface area contributed by atoms with Crippen molar-refractivity contribution in [3.8, 4) is 17.0 Å². The topological polar surface area (TPSA) is 103 Å². The fourth-order valence-corrected chi connectivity index (χ4v) is 6.39. The number of Topliss-reactive ketones (excluding diaryl/α,β-unsaturated/α-hetero) is 1. The summed E-state index contributed by atoms with van der Waals surface area (Å²) in [4.78, 5) is 58.5. The van der Waals surface area contributed by atoms with E-state index in [0.29, 0.717) is 45.1 Å². The van der Waals surface area contributed by atoms with Crippen LogP contribution >= 0.6 is 15.9 Å². The largest absolute Gasteiger partial charge is 0.497 e. The number of ketones is 1. The van der Waals surface area contributed by atoms with E-state index in [2.05, 4.69) is 22.9 Å². The van der Waals surface area contributed by atoms with Crippen LogP contribution in [-0.4, -0.2) is 42.3 Å². The lowest BCUT2D eigenvalue weighted by atomic mass is 9.76. The quantitative estimate of drug-likeness (QED) is 0.127. The Morgan fingerprint density at radius 3 is 2.49 bits per heavy atom. The van der Waals surface area contributed by atoms with Crippen molar-refractivity contribution < 1.29 is 28.7 Å². The molecule has 2 aliphatic rings. The highest BCUT2D eigenvalue weighted by atomic mass is 79.9. The van der Waals surface area contributed by atoms with Gasteiger partial charge in [0.1, 0.15) is 5.75 Å². The Bertz CT molecular complexity index is 1770. The summed E-state index contributed by atoms with van der Waals surface area (Å²) in [5, 5.41) is 0.568. The van der Waals surface area contributed by atoms with Gasteiger partial charge in [0.2, 0.25) is 11.8 Å². The molecule has 218 valence electrons. The first-order valence-electron chi connectivity index (χ1n) is 14.2. The molecule has 3 unspecified atom stereocenters. The number of fused-ring (bicyclic) bond motifs is 2. The smallest absolute Gasteiger partial charge is 0.339 e. The Balaban J connectivity index is 1.27. The number of anilines is 1. The molecule has 0 bridgehead atoms. The molecule has 0 radical (unpaired) electrons. The average Bonchev–Trinajstić information content (AvgIpc) is 3.27. The average molecular weight is 642 g/mol. The summed E-state index contributed by atoms with van der Waals surface area (Å²) in [6, 6.07) is 20.7. The molecule has 3 aromatic carbocycles. The van der Waals surface area contributed by atoms with Crippen molar-refractivity contribution in [3.05, 3.63) is 88.4 Å². The van der Waals surface area contributed by atoms with Gasteiger partial charge in [-0.2, -0.15) is 0 Å². The fraction of sp³-hybridized carbons (Fsp3) is 0.265. The molecule has 0 spiro atoms. The Hall–Kier alpha value is -4.37. The fourth-order valence-electron chi connectivity index (χ4n) is 6.03. The molecule has 1 saturated heterocycles. The minimum atomic E-state index is -0.662. The van der Waals surface area contributed by atoms with Crippen LogP contribution in [0.25, 0.3) is 22.2 Å². The zero-order valence-electron chi connectivity index (χ0n) is 23.7. The molecule has 1 aliphatic heterocycles. The summed E-state index contributed by atoms with van der Waals surface area (Å²) in [6.45, 7) is 1.69. The zero-order valence-corrected chi connectivity index (χ0v) is 25.3. The number of halogens is 1. The van der Waals surface area contributed by atoms with Crippen molar-refractivity contribution in [2.24, 2.45) is 17.8 Å². The molecule has 43 heavy (non-hydrogen) atoms. The van der Waals surface area contributed by atoms with Crippen LogP contribution in [0.3, 0.4) is 0 Å². The van der Waals surface area contributed by atoms with E-state index in [0.717, 1.165) is 23.7 Å². The molecule has 1 saturated carbocycles. The molecule has 8 nitrogen and oxygen atoms in total. The number of benzene rings is 3. The van der Waals surface area contributed by atoms with Crippen LogP contribution in [0, 0.1) is 17.8 Å². The first-order chi connectivity index (χ1) is 20.7. The maximum absolute atomic E-state index is 13.3. The van der Waals surface area contributed by atoms with Crippen LogP contribution in [0.15, 0.2) is 77.3 Å². The van der Waals surface area contributed by atoms with E-state index in [1.165, 1.54) is 12.0 Å². The molecule has 9 heteroatoms. The number of carbonyl (C=O) groups is 4. The molecule has 0 N–H and O–H groups in total. The second-order valence-electron chi connectivity index (χ2n) is 11.1. The first kappa shape index (κ1) is 28.7. The Labute approximate surface area is 257 Å². The van der Waals surface area contributed by atoms with E-state index in [-0.39, 0.29) is 35.0 Å². The van der Waals surface area contributed by atoms with E-state index in [4.69, 9.17) is 14.5 Å². The summed E-state index contributed by atoms with van der Waals surface area (Å²) in [5.41, 5.74) is 2.93. The molecule has 3 atom stereocenters. The van der Waals surface area contributed by atoms with Crippen LogP contribution in [0.1, 0.15) is 46.9 Å². The minimum Gasteiger partial charge on any atom is -0.497 e. The number of carbonyl (C=O) groups excluding carboxylic acids is 4. The standard InChI is InChI=1S/C34H29BrN2O6/c1-19-6-12-25-27(14-19)33(40)37(32(25)39)23-10-7-20(8-11-23)30-17-28(26-16-22(35)9-13-29(26)36-30)34(41)43-18-31(38)21-4-3-5-24(15-21)42-2/h3-5,7-11,13,15-17,19,25,27H,6,12,14,18H2,1-2H3. The molecule has 2 heterocycles. The third-order valence-corrected chi connectivity index (χ3v) is 8.82. The number of hydrogen-bond donors (Lipinski definition) is 0. The zero-order chi connectivity index (χ0) is 30.2. The van der Waals surface area contributed by atoms with Gasteiger partial charge in [-0.05, 0) is 73.7 Å². The van der Waals surface area contributed by atoms with E-state index in [1.54, 1.807) is 66.7 Å². The lowest BCUT2D eigenvalue weighted by Gasteiger charge is -2.25. The van der Waals surface area contributed by atoms with Gasteiger partial charge in [0.25, 0.3) is 0 Å². The van der Waals surface area contributed by atoms with Crippen LogP contribution in [0.5, 0.6) is 5.75 Å². The van der Waals surface area contributed by atoms with Crippen LogP contribution in [0.4, 0.5) is 5.69 Å². The highest BCUT2D eigenvalue weighted by Crippen LogP contribution is 2.42. The summed E-state index contributed by atoms with van der Waals surface area (Å²) < 4.78 is 11.4. The minimum absolute atomic E-state index is 0.127. The number of amides is 2. The van der Waals surface area contributed by atoms with Crippen molar-refractivity contribution in [2.45, 2.75) is 26.2 Å². The monoisotopic (exact) mass is 640 g/mol. The van der Waals surface area contributed by atoms with E-state index >= 15 is 0 Å². The summed E-state index contributed by atoms with van der Waals surface area (Å²) >= 11 is 3.46. The Kier molecular flexibility index (Phi) is 7.83. The van der Waals surface area contributed by atoms with Gasteiger partial charge in [-0.25, -0.2) is 9.78 Å². The van der Waals surface area contributed by atoms with Crippen LogP contribution < -0.4 is 9.64 Å². The molecule has 1 aliphatic carbocycles. The van der Waals surface area contributed by atoms with Gasteiger partial charge < -0.3 is 9.47 Å². The molecule has 4 aromatic rings. The summed E-state index contributed by atoms with van der Waals surface area (Å²) in [6.07, 6.45) is 2.44. The third kappa shape index (κ3) is 5.57. The SMILES string of the molecule is COc1cccc(C(=O)COC(=O)c2cc(-c3ccc(N4C(=O)C5CCC(C)CC5C4=O)cc3)nc3ccc(Br)cc23)c1. The molecule has 2 fully saturated rings. The normalized spacial score (nSPS) is 19.8. The van der Waals surface area contributed by atoms with Gasteiger partial charge in [0, 0.05) is 21.0 Å². The lowest BCUT2D eigenvalue weighted by Crippen LogP contribution is -2.30. The second kappa shape index (κ2) is 11.7. The van der Waals surface area contributed by atoms with Gasteiger partial charge in [-0.3, -0.25) is 19.3 Å². The van der Waals surface area contributed by atoms with Crippen molar-refractivity contribution in [1.82, 2.24) is 4.98 Å².